The van der Waals surface area contributed by atoms with E-state index in [9.17, 15) is 8.42 Å². The predicted molar refractivity (Wildman–Crippen MR) is 85.5 cm³/mol. The van der Waals surface area contributed by atoms with Gasteiger partial charge in [0.15, 0.2) is 9.84 Å². The van der Waals surface area contributed by atoms with Crippen LogP contribution in [0.3, 0.4) is 0 Å². The van der Waals surface area contributed by atoms with E-state index in [-0.39, 0.29) is 17.4 Å². The second-order valence-electron chi connectivity index (χ2n) is 5.71. The van der Waals surface area contributed by atoms with E-state index in [1.807, 2.05) is 6.07 Å². The highest BCUT2D eigenvalue weighted by molar-refractivity contribution is 7.98. The van der Waals surface area contributed by atoms with E-state index in [1.165, 1.54) is 22.9 Å². The molecule has 1 saturated heterocycles. The fraction of sp³-hybridized carbons (Fsp3) is 0.467. The van der Waals surface area contributed by atoms with E-state index >= 15 is 0 Å². The van der Waals surface area contributed by atoms with Crippen molar-refractivity contribution in [1.82, 2.24) is 10.2 Å². The lowest BCUT2D eigenvalue weighted by Gasteiger charge is -2.02. The topological polar surface area (TPSA) is 73.1 Å². The summed E-state index contributed by atoms with van der Waals surface area (Å²) in [5, 5.41) is 8.59. The molecule has 1 fully saturated rings. The van der Waals surface area contributed by atoms with Crippen molar-refractivity contribution in [1.29, 1.82) is 0 Å². The Morgan fingerprint density at radius 1 is 1.36 bits per heavy atom. The van der Waals surface area contributed by atoms with Gasteiger partial charge in [-0.3, -0.25) is 0 Å². The van der Waals surface area contributed by atoms with E-state index in [4.69, 9.17) is 4.42 Å². The number of aryl methyl sites for hydroxylation is 1. The van der Waals surface area contributed by atoms with E-state index in [1.54, 1.807) is 0 Å². The third-order valence-corrected chi connectivity index (χ3v) is 6.41. The summed E-state index contributed by atoms with van der Waals surface area (Å²) in [6, 6.07) is 8.30. The van der Waals surface area contributed by atoms with E-state index in [0.29, 0.717) is 24.0 Å². The van der Waals surface area contributed by atoms with Crippen LogP contribution in [0.5, 0.6) is 0 Å². The molecule has 1 unspecified atom stereocenters. The van der Waals surface area contributed by atoms with Crippen LogP contribution >= 0.6 is 11.8 Å². The van der Waals surface area contributed by atoms with Crippen LogP contribution in [0.2, 0.25) is 0 Å². The summed E-state index contributed by atoms with van der Waals surface area (Å²) < 4.78 is 28.5. The number of hydrogen-bond acceptors (Lipinski definition) is 6. The van der Waals surface area contributed by atoms with Crippen LogP contribution in [-0.2, 0) is 22.0 Å². The first-order valence-electron chi connectivity index (χ1n) is 7.21. The van der Waals surface area contributed by atoms with Crippen LogP contribution in [0.4, 0.5) is 0 Å². The molecule has 2 heterocycles. The SMILES string of the molecule is Cc1cccc(CSc2nnc(CC3CCS(=O)(=O)C3)o2)c1. The fourth-order valence-electron chi connectivity index (χ4n) is 2.61. The van der Waals surface area contributed by atoms with Crippen LogP contribution in [0.1, 0.15) is 23.4 Å². The summed E-state index contributed by atoms with van der Waals surface area (Å²) >= 11 is 1.50. The lowest BCUT2D eigenvalue weighted by Crippen LogP contribution is -2.07. The standard InChI is InChI=1S/C15H18N2O3S2/c1-11-3-2-4-12(7-11)9-21-15-17-16-14(20-15)8-13-5-6-22(18,19)10-13/h2-4,7,13H,5-6,8-10H2,1H3. The van der Waals surface area contributed by atoms with E-state index in [0.717, 1.165) is 5.75 Å². The molecular weight excluding hydrogens is 320 g/mol. The Balaban J connectivity index is 1.55. The number of benzene rings is 1. The van der Waals surface area contributed by atoms with E-state index < -0.39 is 9.84 Å². The van der Waals surface area contributed by atoms with Gasteiger partial charge in [0, 0.05) is 12.2 Å². The van der Waals surface area contributed by atoms with Crippen molar-refractivity contribution in [3.8, 4) is 0 Å². The lowest BCUT2D eigenvalue weighted by molar-refractivity contribution is 0.389. The van der Waals surface area contributed by atoms with Gasteiger partial charge in [-0.25, -0.2) is 8.42 Å². The third-order valence-electron chi connectivity index (χ3n) is 3.68. The minimum atomic E-state index is -2.85. The van der Waals surface area contributed by atoms with Crippen LogP contribution in [0.25, 0.3) is 0 Å². The molecule has 0 N–H and O–H groups in total. The zero-order valence-electron chi connectivity index (χ0n) is 12.4. The van der Waals surface area contributed by atoms with E-state index in [2.05, 4.69) is 35.3 Å². The van der Waals surface area contributed by atoms with Gasteiger partial charge in [-0.15, -0.1) is 10.2 Å². The van der Waals surface area contributed by atoms with Crippen molar-refractivity contribution in [2.75, 3.05) is 11.5 Å². The summed E-state index contributed by atoms with van der Waals surface area (Å²) in [6.07, 6.45) is 1.24. The Morgan fingerprint density at radius 2 is 2.23 bits per heavy atom. The first-order chi connectivity index (χ1) is 10.5. The highest BCUT2D eigenvalue weighted by Gasteiger charge is 2.29. The van der Waals surface area contributed by atoms with Crippen molar-refractivity contribution in [3.63, 3.8) is 0 Å². The van der Waals surface area contributed by atoms with Gasteiger partial charge in [0.2, 0.25) is 5.89 Å². The summed E-state index contributed by atoms with van der Waals surface area (Å²) in [5.41, 5.74) is 2.44. The maximum Gasteiger partial charge on any atom is 0.276 e. The fourth-order valence-corrected chi connectivity index (χ4v) is 5.19. The first-order valence-corrected chi connectivity index (χ1v) is 10.0. The normalized spacial score (nSPS) is 20.3. The molecule has 1 aromatic carbocycles. The zero-order chi connectivity index (χ0) is 15.6. The summed E-state index contributed by atoms with van der Waals surface area (Å²) in [4.78, 5) is 0. The van der Waals surface area contributed by atoms with Crippen molar-refractivity contribution in [2.24, 2.45) is 5.92 Å². The quantitative estimate of drug-likeness (QED) is 0.780. The summed E-state index contributed by atoms with van der Waals surface area (Å²) in [6.45, 7) is 2.06. The van der Waals surface area contributed by atoms with Crippen LogP contribution in [0, 0.1) is 12.8 Å². The summed E-state index contributed by atoms with van der Waals surface area (Å²) in [7, 11) is -2.85. The molecule has 5 nitrogen and oxygen atoms in total. The molecule has 1 aromatic heterocycles. The molecule has 22 heavy (non-hydrogen) atoms. The molecule has 0 spiro atoms. The Labute approximate surface area is 134 Å². The number of hydrogen-bond donors (Lipinski definition) is 0. The molecule has 0 radical (unpaired) electrons. The first kappa shape index (κ1) is 15.6. The van der Waals surface area contributed by atoms with Crippen molar-refractivity contribution >= 4 is 21.6 Å². The van der Waals surface area contributed by atoms with Gasteiger partial charge in [0.05, 0.1) is 11.5 Å². The Kier molecular flexibility index (Phi) is 4.54. The highest BCUT2D eigenvalue weighted by Crippen LogP contribution is 2.25. The minimum absolute atomic E-state index is 0.111. The van der Waals surface area contributed by atoms with Crippen molar-refractivity contribution in [2.45, 2.75) is 30.7 Å². The lowest BCUT2D eigenvalue weighted by atomic mass is 10.1. The minimum Gasteiger partial charge on any atom is -0.416 e. The maximum atomic E-state index is 11.5. The second-order valence-corrected chi connectivity index (χ2v) is 8.87. The Morgan fingerprint density at radius 3 is 2.95 bits per heavy atom. The number of thioether (sulfide) groups is 1. The molecule has 0 amide bonds. The average molecular weight is 338 g/mol. The van der Waals surface area contributed by atoms with Gasteiger partial charge in [0.25, 0.3) is 5.22 Å². The Hall–Kier alpha value is -1.34. The monoisotopic (exact) mass is 338 g/mol. The van der Waals surface area contributed by atoms with Gasteiger partial charge in [0.1, 0.15) is 0 Å². The molecule has 1 aliphatic rings. The number of nitrogens with zero attached hydrogens (tertiary/aromatic N) is 2. The molecule has 118 valence electrons. The van der Waals surface area contributed by atoms with Gasteiger partial charge in [-0.1, -0.05) is 41.6 Å². The van der Waals surface area contributed by atoms with Gasteiger partial charge < -0.3 is 4.42 Å². The smallest absolute Gasteiger partial charge is 0.276 e. The molecular formula is C15H18N2O3S2. The van der Waals surface area contributed by atoms with Crippen LogP contribution < -0.4 is 0 Å². The van der Waals surface area contributed by atoms with Crippen LogP contribution in [0.15, 0.2) is 33.9 Å². The molecule has 7 heteroatoms. The van der Waals surface area contributed by atoms with Gasteiger partial charge >= 0.3 is 0 Å². The molecule has 2 aromatic rings. The largest absolute Gasteiger partial charge is 0.416 e. The third kappa shape index (κ3) is 4.10. The van der Waals surface area contributed by atoms with Gasteiger partial charge in [-0.05, 0) is 24.8 Å². The second kappa shape index (κ2) is 6.42. The molecule has 0 bridgehead atoms. The molecule has 0 saturated carbocycles. The van der Waals surface area contributed by atoms with Gasteiger partial charge in [-0.2, -0.15) is 0 Å². The molecule has 3 rings (SSSR count). The Bertz CT molecular complexity index is 756. The highest BCUT2D eigenvalue weighted by atomic mass is 32.2. The number of aromatic nitrogens is 2. The van der Waals surface area contributed by atoms with Crippen LogP contribution in [-0.4, -0.2) is 30.1 Å². The number of sulfone groups is 1. The summed E-state index contributed by atoms with van der Waals surface area (Å²) in [5.74, 6) is 1.94. The molecule has 1 atom stereocenters. The predicted octanol–water partition coefficient (Wildman–Crippen LogP) is 2.65. The van der Waals surface area contributed by atoms with Crippen molar-refractivity contribution < 1.29 is 12.8 Å². The molecule has 0 aliphatic carbocycles. The zero-order valence-corrected chi connectivity index (χ0v) is 14.0. The average Bonchev–Trinajstić information content (AvgIpc) is 3.03. The van der Waals surface area contributed by atoms with Crippen molar-refractivity contribution in [3.05, 3.63) is 41.3 Å². The number of rotatable bonds is 5. The maximum absolute atomic E-state index is 11.5. The molecule has 1 aliphatic heterocycles.